The van der Waals surface area contributed by atoms with Crippen LogP contribution in [0.4, 0.5) is 0 Å². The molecule has 0 saturated carbocycles. The Bertz CT molecular complexity index is 530. The number of hydrogen-bond donors (Lipinski definition) is 0. The van der Waals surface area contributed by atoms with E-state index < -0.39 is 5.97 Å². The van der Waals surface area contributed by atoms with Crippen molar-refractivity contribution >= 4 is 5.97 Å². The SMILES string of the molecule is [CH2]CCCCCCCCCCCCCOOC(=O)c1ccc(OC)cc1OC. The Kier molecular flexibility index (Phi) is 14.1. The predicted octanol–water partition coefficient (Wildman–Crippen LogP) is 6.31. The molecule has 0 amide bonds. The molecule has 0 aliphatic heterocycles. The molecule has 0 heterocycles. The number of benzene rings is 1. The third-order valence-electron chi connectivity index (χ3n) is 4.74. The summed E-state index contributed by atoms with van der Waals surface area (Å²) >= 11 is 0. The highest BCUT2D eigenvalue weighted by Crippen LogP contribution is 2.25. The molecule has 5 nitrogen and oxygen atoms in total. The smallest absolute Gasteiger partial charge is 0.376 e. The van der Waals surface area contributed by atoms with E-state index in [0.717, 1.165) is 19.3 Å². The van der Waals surface area contributed by atoms with Crippen molar-refractivity contribution in [1.82, 2.24) is 0 Å². The van der Waals surface area contributed by atoms with Crippen LogP contribution < -0.4 is 9.47 Å². The van der Waals surface area contributed by atoms with Crippen molar-refractivity contribution in [1.29, 1.82) is 0 Å². The van der Waals surface area contributed by atoms with E-state index in [-0.39, 0.29) is 0 Å². The third kappa shape index (κ3) is 10.5. The highest BCUT2D eigenvalue weighted by molar-refractivity contribution is 5.92. The van der Waals surface area contributed by atoms with Crippen LogP contribution in [0.2, 0.25) is 0 Å². The van der Waals surface area contributed by atoms with E-state index in [1.54, 1.807) is 25.3 Å². The van der Waals surface area contributed by atoms with Crippen LogP contribution in [0.3, 0.4) is 0 Å². The van der Waals surface area contributed by atoms with E-state index in [1.165, 1.54) is 64.9 Å². The molecular formula is C23H37O5. The summed E-state index contributed by atoms with van der Waals surface area (Å²) in [5, 5.41) is 0. The van der Waals surface area contributed by atoms with Gasteiger partial charge in [-0.1, -0.05) is 77.6 Å². The van der Waals surface area contributed by atoms with Gasteiger partial charge >= 0.3 is 5.97 Å². The Hall–Kier alpha value is -1.75. The van der Waals surface area contributed by atoms with Crippen molar-refractivity contribution in [2.24, 2.45) is 0 Å². The number of hydrogen-bond acceptors (Lipinski definition) is 5. The molecule has 159 valence electrons. The quantitative estimate of drug-likeness (QED) is 0.176. The third-order valence-corrected chi connectivity index (χ3v) is 4.74. The normalized spacial score (nSPS) is 10.7. The number of ether oxygens (including phenoxy) is 2. The molecule has 0 bridgehead atoms. The molecule has 0 aliphatic rings. The molecule has 0 N–H and O–H groups in total. The molecule has 5 heteroatoms. The molecule has 0 atom stereocenters. The molecule has 1 rings (SSSR count). The Morgan fingerprint density at radius 3 is 1.93 bits per heavy atom. The van der Waals surface area contributed by atoms with Crippen molar-refractivity contribution in [2.45, 2.75) is 77.0 Å². The molecule has 0 aromatic heterocycles. The number of rotatable bonds is 17. The molecule has 1 aromatic rings. The van der Waals surface area contributed by atoms with Gasteiger partial charge < -0.3 is 9.47 Å². The van der Waals surface area contributed by atoms with Gasteiger partial charge in [-0.3, -0.25) is 4.89 Å². The van der Waals surface area contributed by atoms with Gasteiger partial charge in [0.2, 0.25) is 0 Å². The second-order valence-corrected chi connectivity index (χ2v) is 7.00. The van der Waals surface area contributed by atoms with Crippen LogP contribution in [-0.2, 0) is 9.78 Å². The van der Waals surface area contributed by atoms with Gasteiger partial charge in [0, 0.05) is 6.07 Å². The van der Waals surface area contributed by atoms with E-state index in [2.05, 4.69) is 6.92 Å². The fourth-order valence-electron chi connectivity index (χ4n) is 3.04. The maximum atomic E-state index is 12.1. The lowest BCUT2D eigenvalue weighted by Gasteiger charge is -2.09. The first kappa shape index (κ1) is 24.3. The Balaban J connectivity index is 2.01. The molecule has 0 saturated heterocycles. The summed E-state index contributed by atoms with van der Waals surface area (Å²) in [6.07, 6.45) is 14.8. The lowest BCUT2D eigenvalue weighted by molar-refractivity contribution is -0.241. The fourth-order valence-corrected chi connectivity index (χ4v) is 3.04. The van der Waals surface area contributed by atoms with Gasteiger partial charge in [0.05, 0.1) is 20.8 Å². The average molecular weight is 394 g/mol. The van der Waals surface area contributed by atoms with Crippen LogP contribution >= 0.6 is 0 Å². The van der Waals surface area contributed by atoms with E-state index >= 15 is 0 Å². The van der Waals surface area contributed by atoms with Crippen LogP contribution in [0.5, 0.6) is 11.5 Å². The topological polar surface area (TPSA) is 54.0 Å². The number of carbonyl (C=O) groups excluding carboxylic acids is 1. The van der Waals surface area contributed by atoms with E-state index in [4.69, 9.17) is 19.2 Å². The standard InChI is InChI=1S/C23H37O5/c1-4-5-6-7-8-9-10-11-12-13-14-15-18-27-28-23(24)21-17-16-20(25-2)19-22(21)26-3/h16-17,19H,1,4-15,18H2,2-3H3. The minimum Gasteiger partial charge on any atom is -0.497 e. The highest BCUT2D eigenvalue weighted by Gasteiger charge is 2.15. The van der Waals surface area contributed by atoms with E-state index in [0.29, 0.717) is 23.7 Å². The molecule has 28 heavy (non-hydrogen) atoms. The molecule has 0 fully saturated rings. The van der Waals surface area contributed by atoms with Gasteiger partial charge in [0.25, 0.3) is 0 Å². The first-order valence-electron chi connectivity index (χ1n) is 10.6. The zero-order valence-electron chi connectivity index (χ0n) is 17.7. The van der Waals surface area contributed by atoms with Crippen molar-refractivity contribution in [2.75, 3.05) is 20.8 Å². The minimum atomic E-state index is -0.560. The van der Waals surface area contributed by atoms with Crippen LogP contribution in [0.15, 0.2) is 18.2 Å². The summed E-state index contributed by atoms with van der Waals surface area (Å²) in [6.45, 7) is 4.29. The maximum Gasteiger partial charge on any atom is 0.376 e. The molecule has 1 aromatic carbocycles. The summed E-state index contributed by atoms with van der Waals surface area (Å²) in [5.41, 5.74) is 0.315. The highest BCUT2D eigenvalue weighted by atomic mass is 17.2. The monoisotopic (exact) mass is 393 g/mol. The fraction of sp³-hybridized carbons (Fsp3) is 0.652. The van der Waals surface area contributed by atoms with Gasteiger partial charge in [-0.25, -0.2) is 4.79 Å². The Morgan fingerprint density at radius 1 is 0.821 bits per heavy atom. The number of methoxy groups -OCH3 is 2. The Labute approximate surface area is 170 Å². The molecule has 0 unspecified atom stereocenters. The second kappa shape index (κ2) is 16.2. The van der Waals surface area contributed by atoms with E-state index in [9.17, 15) is 4.79 Å². The van der Waals surface area contributed by atoms with Crippen LogP contribution in [-0.4, -0.2) is 26.8 Å². The number of carbonyl (C=O) groups is 1. The lowest BCUT2D eigenvalue weighted by atomic mass is 10.1. The largest absolute Gasteiger partial charge is 0.497 e. The zero-order chi connectivity index (χ0) is 20.5. The van der Waals surface area contributed by atoms with Gasteiger partial charge in [-0.05, 0) is 18.6 Å². The summed E-state index contributed by atoms with van der Waals surface area (Å²) in [7, 11) is 3.05. The minimum absolute atomic E-state index is 0.315. The first-order chi connectivity index (χ1) is 13.7. The molecular weight excluding hydrogens is 356 g/mol. The maximum absolute atomic E-state index is 12.1. The molecule has 0 spiro atoms. The molecule has 1 radical (unpaired) electrons. The summed E-state index contributed by atoms with van der Waals surface area (Å²) in [6, 6.07) is 4.92. The second-order valence-electron chi connectivity index (χ2n) is 7.00. The zero-order valence-corrected chi connectivity index (χ0v) is 17.7. The summed E-state index contributed by atoms with van der Waals surface area (Å²) in [4.78, 5) is 22.0. The summed E-state index contributed by atoms with van der Waals surface area (Å²) < 4.78 is 10.3. The molecule has 0 aliphatic carbocycles. The van der Waals surface area contributed by atoms with Crippen molar-refractivity contribution in [3.8, 4) is 11.5 Å². The van der Waals surface area contributed by atoms with Crippen LogP contribution in [0.1, 0.15) is 87.4 Å². The van der Waals surface area contributed by atoms with Gasteiger partial charge in [-0.15, -0.1) is 0 Å². The van der Waals surface area contributed by atoms with Crippen LogP contribution in [0.25, 0.3) is 0 Å². The Morgan fingerprint density at radius 2 is 1.39 bits per heavy atom. The predicted molar refractivity (Wildman–Crippen MR) is 112 cm³/mol. The van der Waals surface area contributed by atoms with E-state index in [1.807, 2.05) is 0 Å². The first-order valence-corrected chi connectivity index (χ1v) is 10.6. The number of unbranched alkanes of at least 4 members (excludes halogenated alkanes) is 11. The van der Waals surface area contributed by atoms with Gasteiger partial charge in [0.15, 0.2) is 0 Å². The lowest BCUT2D eigenvalue weighted by Crippen LogP contribution is -2.08. The average Bonchev–Trinajstić information content (AvgIpc) is 2.73. The van der Waals surface area contributed by atoms with Crippen LogP contribution in [0, 0.1) is 6.92 Å². The van der Waals surface area contributed by atoms with Crippen molar-refractivity contribution in [3.63, 3.8) is 0 Å². The summed E-state index contributed by atoms with van der Waals surface area (Å²) in [5.74, 6) is 0.452. The van der Waals surface area contributed by atoms with Gasteiger partial charge in [0.1, 0.15) is 17.1 Å². The van der Waals surface area contributed by atoms with Crippen molar-refractivity contribution in [3.05, 3.63) is 30.7 Å². The van der Waals surface area contributed by atoms with Crippen molar-refractivity contribution < 1.29 is 24.0 Å². The van der Waals surface area contributed by atoms with Gasteiger partial charge in [-0.2, -0.15) is 4.89 Å².